The van der Waals surface area contributed by atoms with E-state index in [0.717, 1.165) is 5.56 Å². The number of rotatable bonds is 3. The Kier molecular flexibility index (Phi) is 3.60. The van der Waals surface area contributed by atoms with E-state index in [0.29, 0.717) is 31.2 Å². The van der Waals surface area contributed by atoms with Gasteiger partial charge in [-0.1, -0.05) is 35.5 Å². The predicted molar refractivity (Wildman–Crippen MR) is 76.9 cm³/mol. The van der Waals surface area contributed by atoms with Gasteiger partial charge in [0, 0.05) is 33.6 Å². The van der Waals surface area contributed by atoms with E-state index in [1.54, 1.807) is 23.9 Å². The monoisotopic (exact) mass is 286 g/mol. The van der Waals surface area contributed by atoms with E-state index in [4.69, 9.17) is 4.52 Å². The summed E-state index contributed by atoms with van der Waals surface area (Å²) in [4.78, 5) is 19.5. The first-order valence-corrected chi connectivity index (χ1v) is 6.96. The van der Waals surface area contributed by atoms with Crippen LogP contribution in [0.3, 0.4) is 0 Å². The van der Waals surface area contributed by atoms with Crippen molar-refractivity contribution in [1.29, 1.82) is 0 Å². The maximum absolute atomic E-state index is 11.7. The van der Waals surface area contributed by atoms with Gasteiger partial charge in [-0.15, -0.1) is 0 Å². The summed E-state index contributed by atoms with van der Waals surface area (Å²) < 4.78 is 5.32. The Balaban J connectivity index is 1.58. The van der Waals surface area contributed by atoms with Crippen molar-refractivity contribution in [2.45, 2.75) is 12.3 Å². The molecule has 1 aromatic heterocycles. The van der Waals surface area contributed by atoms with Crippen LogP contribution < -0.4 is 0 Å². The van der Waals surface area contributed by atoms with Crippen LogP contribution in [0.4, 0.5) is 4.79 Å². The molecule has 3 rings (SSSR count). The fourth-order valence-electron chi connectivity index (χ4n) is 2.36. The standard InChI is InChI=1S/C15H18N4O2/c1-18(2)15(20)19-9-12(10-19)14-16-13(17-21-14)8-11-6-4-3-5-7-11/h3-7,12H,8-10H2,1-2H3. The molecule has 2 heterocycles. The third-order valence-corrected chi connectivity index (χ3v) is 3.57. The second-order valence-corrected chi connectivity index (χ2v) is 5.49. The molecule has 0 unspecified atom stereocenters. The lowest BCUT2D eigenvalue weighted by molar-refractivity contribution is 0.117. The third-order valence-electron chi connectivity index (χ3n) is 3.57. The Bertz CT molecular complexity index is 618. The molecule has 0 saturated carbocycles. The van der Waals surface area contributed by atoms with Gasteiger partial charge in [0.15, 0.2) is 5.82 Å². The Morgan fingerprint density at radius 3 is 2.71 bits per heavy atom. The van der Waals surface area contributed by atoms with Gasteiger partial charge >= 0.3 is 6.03 Å². The molecule has 2 aromatic rings. The molecular formula is C15H18N4O2. The van der Waals surface area contributed by atoms with Crippen LogP contribution in [0.2, 0.25) is 0 Å². The lowest BCUT2D eigenvalue weighted by Crippen LogP contribution is -2.52. The minimum absolute atomic E-state index is 0.0234. The van der Waals surface area contributed by atoms with Crippen molar-refractivity contribution in [2.75, 3.05) is 27.2 Å². The smallest absolute Gasteiger partial charge is 0.319 e. The van der Waals surface area contributed by atoms with Crippen molar-refractivity contribution in [3.05, 3.63) is 47.6 Å². The summed E-state index contributed by atoms with van der Waals surface area (Å²) in [6, 6.07) is 10.1. The van der Waals surface area contributed by atoms with Gasteiger partial charge in [0.25, 0.3) is 0 Å². The highest BCUT2D eigenvalue weighted by molar-refractivity contribution is 5.74. The first kappa shape index (κ1) is 13.6. The summed E-state index contributed by atoms with van der Waals surface area (Å²) in [6.45, 7) is 1.29. The fraction of sp³-hybridized carbons (Fsp3) is 0.400. The van der Waals surface area contributed by atoms with Gasteiger partial charge in [0.1, 0.15) is 0 Å². The second kappa shape index (κ2) is 5.55. The lowest BCUT2D eigenvalue weighted by atomic mass is 10.0. The summed E-state index contributed by atoms with van der Waals surface area (Å²) >= 11 is 0. The topological polar surface area (TPSA) is 62.5 Å². The molecule has 0 bridgehead atoms. The van der Waals surface area contributed by atoms with E-state index < -0.39 is 0 Å². The van der Waals surface area contributed by atoms with E-state index in [1.165, 1.54) is 0 Å². The third kappa shape index (κ3) is 2.89. The van der Waals surface area contributed by atoms with Crippen molar-refractivity contribution < 1.29 is 9.32 Å². The van der Waals surface area contributed by atoms with Crippen molar-refractivity contribution in [2.24, 2.45) is 0 Å². The van der Waals surface area contributed by atoms with E-state index in [2.05, 4.69) is 10.1 Å². The Labute approximate surface area is 123 Å². The lowest BCUT2D eigenvalue weighted by Gasteiger charge is -2.38. The van der Waals surface area contributed by atoms with E-state index in [-0.39, 0.29) is 11.9 Å². The van der Waals surface area contributed by atoms with Crippen LogP contribution in [0.15, 0.2) is 34.9 Å². The maximum Gasteiger partial charge on any atom is 0.319 e. The molecule has 6 nitrogen and oxygen atoms in total. The summed E-state index contributed by atoms with van der Waals surface area (Å²) in [5.41, 5.74) is 1.16. The molecule has 0 radical (unpaired) electrons. The van der Waals surface area contributed by atoms with Crippen LogP contribution >= 0.6 is 0 Å². The van der Waals surface area contributed by atoms with Gasteiger partial charge in [-0.2, -0.15) is 4.98 Å². The zero-order valence-electron chi connectivity index (χ0n) is 12.2. The van der Waals surface area contributed by atoms with Crippen LogP contribution in [0.5, 0.6) is 0 Å². The number of likely N-dealkylation sites (tertiary alicyclic amines) is 1. The van der Waals surface area contributed by atoms with E-state index in [9.17, 15) is 4.79 Å². The zero-order valence-corrected chi connectivity index (χ0v) is 12.2. The molecule has 1 aliphatic rings. The minimum Gasteiger partial charge on any atom is -0.339 e. The van der Waals surface area contributed by atoms with E-state index in [1.807, 2.05) is 30.3 Å². The van der Waals surface area contributed by atoms with Crippen molar-refractivity contribution in [1.82, 2.24) is 19.9 Å². The second-order valence-electron chi connectivity index (χ2n) is 5.49. The number of urea groups is 1. The number of hydrogen-bond acceptors (Lipinski definition) is 4. The van der Waals surface area contributed by atoms with Crippen LogP contribution in [0, 0.1) is 0 Å². The maximum atomic E-state index is 11.7. The highest BCUT2D eigenvalue weighted by Crippen LogP contribution is 2.26. The highest BCUT2D eigenvalue weighted by atomic mass is 16.5. The fourth-order valence-corrected chi connectivity index (χ4v) is 2.36. The number of amides is 2. The Morgan fingerprint density at radius 2 is 2.05 bits per heavy atom. The average Bonchev–Trinajstić information content (AvgIpc) is 2.86. The molecule has 2 amide bonds. The van der Waals surface area contributed by atoms with Crippen LogP contribution in [-0.4, -0.2) is 53.2 Å². The molecule has 0 atom stereocenters. The Hall–Kier alpha value is -2.37. The van der Waals surface area contributed by atoms with Crippen LogP contribution in [0.25, 0.3) is 0 Å². The average molecular weight is 286 g/mol. The number of aromatic nitrogens is 2. The van der Waals surface area contributed by atoms with Crippen molar-refractivity contribution in [3.63, 3.8) is 0 Å². The van der Waals surface area contributed by atoms with Gasteiger partial charge < -0.3 is 14.3 Å². The van der Waals surface area contributed by atoms with Crippen LogP contribution in [0.1, 0.15) is 23.2 Å². The summed E-state index contributed by atoms with van der Waals surface area (Å²) in [5, 5.41) is 4.02. The zero-order chi connectivity index (χ0) is 14.8. The summed E-state index contributed by atoms with van der Waals surface area (Å²) in [5.74, 6) is 1.48. The first-order chi connectivity index (χ1) is 10.1. The summed E-state index contributed by atoms with van der Waals surface area (Å²) in [6.07, 6.45) is 0.664. The minimum atomic E-state index is 0.0234. The van der Waals surface area contributed by atoms with Gasteiger partial charge in [0.2, 0.25) is 5.89 Å². The van der Waals surface area contributed by atoms with Gasteiger partial charge in [-0.3, -0.25) is 0 Å². The van der Waals surface area contributed by atoms with Gasteiger partial charge in [-0.25, -0.2) is 4.79 Å². The largest absolute Gasteiger partial charge is 0.339 e. The number of carbonyl (C=O) groups is 1. The van der Waals surface area contributed by atoms with Crippen molar-refractivity contribution in [3.8, 4) is 0 Å². The number of carbonyl (C=O) groups excluding carboxylic acids is 1. The Morgan fingerprint density at radius 1 is 1.33 bits per heavy atom. The highest BCUT2D eigenvalue weighted by Gasteiger charge is 2.36. The first-order valence-electron chi connectivity index (χ1n) is 6.96. The quantitative estimate of drug-likeness (QED) is 0.862. The normalized spacial score (nSPS) is 14.9. The van der Waals surface area contributed by atoms with Gasteiger partial charge in [-0.05, 0) is 5.56 Å². The number of hydrogen-bond donors (Lipinski definition) is 0. The summed E-state index contributed by atoms with van der Waals surface area (Å²) in [7, 11) is 3.50. The van der Waals surface area contributed by atoms with Gasteiger partial charge in [0.05, 0.1) is 5.92 Å². The molecule has 1 saturated heterocycles. The van der Waals surface area contributed by atoms with Crippen molar-refractivity contribution >= 4 is 6.03 Å². The molecule has 6 heteroatoms. The molecule has 0 N–H and O–H groups in total. The number of nitrogens with zero attached hydrogens (tertiary/aromatic N) is 4. The van der Waals surface area contributed by atoms with E-state index >= 15 is 0 Å². The number of benzene rings is 1. The molecule has 110 valence electrons. The molecule has 0 aliphatic carbocycles. The molecule has 0 spiro atoms. The molecule has 1 fully saturated rings. The molecular weight excluding hydrogens is 268 g/mol. The molecule has 1 aromatic carbocycles. The molecule has 21 heavy (non-hydrogen) atoms. The van der Waals surface area contributed by atoms with Crippen LogP contribution in [-0.2, 0) is 6.42 Å². The predicted octanol–water partition coefficient (Wildman–Crippen LogP) is 1.74. The molecule has 1 aliphatic heterocycles. The SMILES string of the molecule is CN(C)C(=O)N1CC(c2nc(Cc3ccccc3)no2)C1.